The third-order valence-electron chi connectivity index (χ3n) is 4.58. The third-order valence-corrected chi connectivity index (χ3v) is 4.82. The fourth-order valence-electron chi connectivity index (χ4n) is 3.06. The molecule has 0 amide bonds. The number of fused-ring (bicyclic) bond motifs is 1. The van der Waals surface area contributed by atoms with Crippen molar-refractivity contribution >= 4 is 22.6 Å². The van der Waals surface area contributed by atoms with Crippen LogP contribution < -0.4 is 14.9 Å². The van der Waals surface area contributed by atoms with E-state index in [1.54, 1.807) is 18.2 Å². The van der Waals surface area contributed by atoms with E-state index >= 15 is 0 Å². The van der Waals surface area contributed by atoms with Gasteiger partial charge in [0.25, 0.3) is 0 Å². The van der Waals surface area contributed by atoms with Gasteiger partial charge in [0.1, 0.15) is 30.0 Å². The van der Waals surface area contributed by atoms with E-state index in [2.05, 4.69) is 0 Å². The smallest absolute Gasteiger partial charge is 0.235 e. The minimum absolute atomic E-state index is 0.158. The first kappa shape index (κ1) is 19.1. The number of rotatable bonds is 6. The van der Waals surface area contributed by atoms with E-state index in [-0.39, 0.29) is 11.2 Å². The summed E-state index contributed by atoms with van der Waals surface area (Å²) in [5, 5.41) is 1.10. The molecule has 29 heavy (non-hydrogen) atoms. The van der Waals surface area contributed by atoms with Crippen LogP contribution >= 0.6 is 11.6 Å². The molecule has 4 rings (SSSR count). The van der Waals surface area contributed by atoms with E-state index in [1.807, 2.05) is 55.5 Å². The van der Waals surface area contributed by atoms with E-state index in [0.717, 1.165) is 17.5 Å². The molecule has 0 aliphatic heterocycles. The molecule has 0 aliphatic rings. The second-order valence-corrected chi connectivity index (χ2v) is 7.01. The van der Waals surface area contributed by atoms with E-state index in [9.17, 15) is 4.79 Å². The second-order valence-electron chi connectivity index (χ2n) is 6.57. The van der Waals surface area contributed by atoms with Gasteiger partial charge in [-0.05, 0) is 47.9 Å². The fraction of sp³-hybridized carbons (Fsp3) is 0.125. The highest BCUT2D eigenvalue weighted by molar-refractivity contribution is 6.30. The van der Waals surface area contributed by atoms with Gasteiger partial charge in [0.05, 0.1) is 5.39 Å². The van der Waals surface area contributed by atoms with Crippen molar-refractivity contribution in [2.24, 2.45) is 0 Å². The Bertz CT molecular complexity index is 1210. The molecule has 3 aromatic carbocycles. The zero-order valence-electron chi connectivity index (χ0n) is 15.9. The highest BCUT2D eigenvalue weighted by atomic mass is 35.5. The number of benzene rings is 3. The van der Waals surface area contributed by atoms with Crippen LogP contribution in [-0.4, -0.2) is 0 Å². The van der Waals surface area contributed by atoms with Crippen molar-refractivity contribution < 1.29 is 13.9 Å². The van der Waals surface area contributed by atoms with Gasteiger partial charge in [-0.3, -0.25) is 4.79 Å². The number of para-hydroxylation sites is 1. The summed E-state index contributed by atoms with van der Waals surface area (Å²) in [5.41, 5.74) is 2.20. The molecule has 0 atom stereocenters. The molecule has 0 aliphatic carbocycles. The largest absolute Gasteiger partial charge is 0.489 e. The molecule has 4 aromatic rings. The topological polar surface area (TPSA) is 48.7 Å². The molecule has 0 unspecified atom stereocenters. The summed E-state index contributed by atoms with van der Waals surface area (Å²) in [6.07, 6.45) is 2.15. The lowest BCUT2D eigenvalue weighted by atomic mass is 10.1. The summed E-state index contributed by atoms with van der Waals surface area (Å²) in [4.78, 5) is 12.8. The summed E-state index contributed by atoms with van der Waals surface area (Å²) >= 11 is 6.00. The standard InChI is InChI=1S/C24H19ClO4/c1-2-17-7-3-4-9-21(17)29-23-15-28-22-13-19(10-11-20(22)24(23)26)27-14-16-6-5-8-18(25)12-16/h3-13,15H,2,14H2,1H3. The van der Waals surface area contributed by atoms with Crippen molar-refractivity contribution in [1.82, 2.24) is 0 Å². The lowest BCUT2D eigenvalue weighted by molar-refractivity contribution is 0.306. The third kappa shape index (κ3) is 4.28. The van der Waals surface area contributed by atoms with Crippen LogP contribution in [0.4, 0.5) is 0 Å². The highest BCUT2D eigenvalue weighted by Gasteiger charge is 2.12. The van der Waals surface area contributed by atoms with E-state index in [1.165, 1.54) is 6.26 Å². The van der Waals surface area contributed by atoms with Crippen LogP contribution in [0.25, 0.3) is 11.0 Å². The Hall–Kier alpha value is -3.24. The molecule has 0 N–H and O–H groups in total. The molecule has 0 saturated carbocycles. The Kier molecular flexibility index (Phi) is 5.54. The van der Waals surface area contributed by atoms with Gasteiger partial charge in [-0.1, -0.05) is 48.9 Å². The van der Waals surface area contributed by atoms with Crippen molar-refractivity contribution in [2.45, 2.75) is 20.0 Å². The van der Waals surface area contributed by atoms with Gasteiger partial charge in [-0.2, -0.15) is 0 Å². The average Bonchev–Trinajstić information content (AvgIpc) is 2.74. The number of hydrogen-bond donors (Lipinski definition) is 0. The molecule has 0 radical (unpaired) electrons. The summed E-state index contributed by atoms with van der Waals surface area (Å²) in [7, 11) is 0. The van der Waals surface area contributed by atoms with Gasteiger partial charge in [-0.25, -0.2) is 0 Å². The summed E-state index contributed by atoms with van der Waals surface area (Å²) in [5.74, 6) is 1.42. The van der Waals surface area contributed by atoms with Crippen molar-refractivity contribution in [1.29, 1.82) is 0 Å². The Labute approximate surface area is 173 Å². The minimum Gasteiger partial charge on any atom is -0.489 e. The average molecular weight is 407 g/mol. The van der Waals surface area contributed by atoms with Crippen molar-refractivity contribution in [3.63, 3.8) is 0 Å². The zero-order valence-corrected chi connectivity index (χ0v) is 16.6. The van der Waals surface area contributed by atoms with Crippen LogP contribution in [-0.2, 0) is 13.0 Å². The SMILES string of the molecule is CCc1ccccc1Oc1coc2cc(OCc3cccc(Cl)c3)ccc2c1=O. The lowest BCUT2D eigenvalue weighted by Gasteiger charge is -2.10. The number of aryl methyl sites for hydroxylation is 1. The predicted octanol–water partition coefficient (Wildman–Crippen LogP) is 6.38. The van der Waals surface area contributed by atoms with Gasteiger partial charge in [-0.15, -0.1) is 0 Å². The maximum Gasteiger partial charge on any atom is 0.235 e. The first-order chi connectivity index (χ1) is 14.1. The Morgan fingerprint density at radius 2 is 1.83 bits per heavy atom. The molecule has 0 saturated heterocycles. The Balaban J connectivity index is 1.57. The number of halogens is 1. The summed E-state index contributed by atoms with van der Waals surface area (Å²) in [6.45, 7) is 2.40. The second kappa shape index (κ2) is 8.41. The van der Waals surface area contributed by atoms with Crippen LogP contribution in [0.3, 0.4) is 0 Å². The van der Waals surface area contributed by atoms with Crippen LogP contribution in [0.2, 0.25) is 5.02 Å². The molecule has 0 bridgehead atoms. The zero-order chi connectivity index (χ0) is 20.2. The van der Waals surface area contributed by atoms with Gasteiger partial charge in [0.15, 0.2) is 0 Å². The summed E-state index contributed by atoms with van der Waals surface area (Å²) < 4.78 is 17.3. The van der Waals surface area contributed by atoms with Crippen molar-refractivity contribution in [3.05, 3.63) is 99.4 Å². The van der Waals surface area contributed by atoms with Crippen molar-refractivity contribution in [3.8, 4) is 17.2 Å². The molecule has 4 nitrogen and oxygen atoms in total. The molecular formula is C24H19ClO4. The van der Waals surface area contributed by atoms with Crippen molar-refractivity contribution in [2.75, 3.05) is 0 Å². The lowest BCUT2D eigenvalue weighted by Crippen LogP contribution is -2.06. The predicted molar refractivity (Wildman–Crippen MR) is 114 cm³/mol. The normalized spacial score (nSPS) is 10.8. The van der Waals surface area contributed by atoms with Gasteiger partial charge in [0.2, 0.25) is 11.2 Å². The molecule has 0 fully saturated rings. The van der Waals surface area contributed by atoms with Crippen LogP contribution in [0, 0.1) is 0 Å². The summed E-state index contributed by atoms with van der Waals surface area (Å²) in [6, 6.07) is 20.2. The van der Waals surface area contributed by atoms with E-state index in [4.69, 9.17) is 25.5 Å². The quantitative estimate of drug-likeness (QED) is 0.372. The molecule has 5 heteroatoms. The Morgan fingerprint density at radius 1 is 0.966 bits per heavy atom. The first-order valence-corrected chi connectivity index (χ1v) is 9.70. The monoisotopic (exact) mass is 406 g/mol. The van der Waals surface area contributed by atoms with E-state index < -0.39 is 0 Å². The number of ether oxygens (including phenoxy) is 2. The molecule has 1 heterocycles. The molecule has 1 aromatic heterocycles. The maximum absolute atomic E-state index is 12.8. The first-order valence-electron chi connectivity index (χ1n) is 9.32. The molecule has 0 spiro atoms. The fourth-order valence-corrected chi connectivity index (χ4v) is 3.27. The van der Waals surface area contributed by atoms with Gasteiger partial charge >= 0.3 is 0 Å². The van der Waals surface area contributed by atoms with E-state index in [0.29, 0.717) is 34.1 Å². The van der Waals surface area contributed by atoms with Gasteiger partial charge in [0, 0.05) is 11.1 Å². The van der Waals surface area contributed by atoms with Crippen LogP contribution in [0.1, 0.15) is 18.1 Å². The van der Waals surface area contributed by atoms with Gasteiger partial charge < -0.3 is 13.9 Å². The molecular weight excluding hydrogens is 388 g/mol. The molecule has 146 valence electrons. The van der Waals surface area contributed by atoms with Crippen LogP contribution in [0.5, 0.6) is 17.2 Å². The Morgan fingerprint density at radius 3 is 2.66 bits per heavy atom. The highest BCUT2D eigenvalue weighted by Crippen LogP contribution is 2.27. The number of hydrogen-bond acceptors (Lipinski definition) is 4. The van der Waals surface area contributed by atoms with Crippen LogP contribution in [0.15, 0.2) is 82.2 Å². The minimum atomic E-state index is -0.224. The maximum atomic E-state index is 12.8.